The van der Waals surface area contributed by atoms with Gasteiger partial charge in [-0.15, -0.1) is 0 Å². The van der Waals surface area contributed by atoms with Crippen molar-refractivity contribution in [2.45, 2.75) is 64.3 Å². The van der Waals surface area contributed by atoms with Crippen molar-refractivity contribution in [1.29, 1.82) is 0 Å². The first kappa shape index (κ1) is 14.7. The molecule has 0 fully saturated rings. The van der Waals surface area contributed by atoms with Crippen LogP contribution in [0.4, 0.5) is 0 Å². The van der Waals surface area contributed by atoms with E-state index in [1.807, 2.05) is 6.08 Å². The van der Waals surface area contributed by atoms with Crippen LogP contribution in [0.25, 0.3) is 0 Å². The predicted octanol–water partition coefficient (Wildman–Crippen LogP) is 3.00. The number of rotatable bonds is 10. The third-order valence-corrected chi connectivity index (χ3v) is 2.57. The molecule has 3 N–H and O–H groups in total. The molecule has 0 aromatic rings. The van der Waals surface area contributed by atoms with Gasteiger partial charge < -0.3 is 10.8 Å². The van der Waals surface area contributed by atoms with Crippen LogP contribution in [0.15, 0.2) is 12.2 Å². The zero-order chi connectivity index (χ0) is 11.4. The lowest BCUT2D eigenvalue weighted by atomic mass is 10.1. The SMILES string of the molecule is CCCCCCCCC/C=C/C(N)CO. The van der Waals surface area contributed by atoms with Gasteiger partial charge in [0.15, 0.2) is 0 Å². The lowest BCUT2D eigenvalue weighted by molar-refractivity contribution is 0.284. The van der Waals surface area contributed by atoms with Crippen molar-refractivity contribution in [2.24, 2.45) is 5.73 Å². The molecular formula is C13H27NO. The fourth-order valence-electron chi connectivity index (χ4n) is 1.55. The van der Waals surface area contributed by atoms with E-state index in [0.717, 1.165) is 6.42 Å². The molecule has 0 radical (unpaired) electrons. The van der Waals surface area contributed by atoms with E-state index in [9.17, 15) is 0 Å². The van der Waals surface area contributed by atoms with Gasteiger partial charge in [0.25, 0.3) is 0 Å². The Balaban J connectivity index is 3.07. The molecule has 0 bridgehead atoms. The summed E-state index contributed by atoms with van der Waals surface area (Å²) >= 11 is 0. The highest BCUT2D eigenvalue weighted by Gasteiger charge is 1.92. The van der Waals surface area contributed by atoms with Crippen molar-refractivity contribution in [2.75, 3.05) is 6.61 Å². The van der Waals surface area contributed by atoms with E-state index < -0.39 is 0 Å². The van der Waals surface area contributed by atoms with E-state index in [-0.39, 0.29) is 12.6 Å². The lowest BCUT2D eigenvalue weighted by Gasteiger charge is -2.00. The van der Waals surface area contributed by atoms with E-state index in [0.29, 0.717) is 0 Å². The van der Waals surface area contributed by atoms with Crippen LogP contribution < -0.4 is 5.73 Å². The first-order valence-corrected chi connectivity index (χ1v) is 6.34. The maximum absolute atomic E-state index is 8.68. The minimum Gasteiger partial charge on any atom is -0.394 e. The summed E-state index contributed by atoms with van der Waals surface area (Å²) in [6, 6.07) is -0.172. The zero-order valence-electron chi connectivity index (χ0n) is 10.1. The molecule has 15 heavy (non-hydrogen) atoms. The Hall–Kier alpha value is -0.340. The second-order valence-corrected chi connectivity index (χ2v) is 4.18. The number of aliphatic hydroxyl groups excluding tert-OH is 1. The van der Waals surface area contributed by atoms with Crippen LogP contribution in [0.3, 0.4) is 0 Å². The Labute approximate surface area is 94.6 Å². The highest BCUT2D eigenvalue weighted by molar-refractivity contribution is 4.90. The molecule has 0 amide bonds. The Morgan fingerprint density at radius 2 is 1.67 bits per heavy atom. The summed E-state index contributed by atoms with van der Waals surface area (Å²) in [6.07, 6.45) is 14.5. The molecule has 0 heterocycles. The largest absolute Gasteiger partial charge is 0.394 e. The van der Waals surface area contributed by atoms with Crippen molar-refractivity contribution < 1.29 is 5.11 Å². The number of hydrogen-bond donors (Lipinski definition) is 2. The molecule has 0 rings (SSSR count). The number of unbranched alkanes of at least 4 members (excludes halogenated alkanes) is 7. The topological polar surface area (TPSA) is 46.2 Å². The number of allylic oxidation sites excluding steroid dienone is 1. The molecule has 0 saturated carbocycles. The molecule has 0 aromatic carbocycles. The second-order valence-electron chi connectivity index (χ2n) is 4.18. The molecule has 1 unspecified atom stereocenters. The molecule has 0 spiro atoms. The van der Waals surface area contributed by atoms with Crippen LogP contribution in [-0.2, 0) is 0 Å². The van der Waals surface area contributed by atoms with Gasteiger partial charge in [-0.1, -0.05) is 57.6 Å². The molecule has 0 saturated heterocycles. The molecule has 0 aliphatic carbocycles. The quantitative estimate of drug-likeness (QED) is 0.433. The molecule has 0 aromatic heterocycles. The van der Waals surface area contributed by atoms with Gasteiger partial charge in [-0.25, -0.2) is 0 Å². The monoisotopic (exact) mass is 213 g/mol. The van der Waals surface area contributed by atoms with Gasteiger partial charge >= 0.3 is 0 Å². The van der Waals surface area contributed by atoms with E-state index in [1.165, 1.54) is 44.9 Å². The number of nitrogens with two attached hydrogens (primary N) is 1. The predicted molar refractivity (Wildman–Crippen MR) is 66.8 cm³/mol. The lowest BCUT2D eigenvalue weighted by Crippen LogP contribution is -2.20. The van der Waals surface area contributed by atoms with Gasteiger partial charge in [-0.05, 0) is 12.8 Å². The van der Waals surface area contributed by atoms with Gasteiger partial charge in [0.05, 0.1) is 6.61 Å². The third-order valence-electron chi connectivity index (χ3n) is 2.57. The minimum absolute atomic E-state index is 0.0491. The molecule has 90 valence electrons. The van der Waals surface area contributed by atoms with E-state index >= 15 is 0 Å². The van der Waals surface area contributed by atoms with Crippen LogP contribution in [0.1, 0.15) is 58.3 Å². The highest BCUT2D eigenvalue weighted by atomic mass is 16.3. The summed E-state index contributed by atoms with van der Waals surface area (Å²) in [6.45, 7) is 2.29. The van der Waals surface area contributed by atoms with Gasteiger partial charge in [0, 0.05) is 6.04 Å². The van der Waals surface area contributed by atoms with Crippen LogP contribution >= 0.6 is 0 Å². The molecule has 2 nitrogen and oxygen atoms in total. The molecule has 0 aliphatic rings. The van der Waals surface area contributed by atoms with E-state index in [2.05, 4.69) is 13.0 Å². The van der Waals surface area contributed by atoms with Crippen LogP contribution in [-0.4, -0.2) is 17.8 Å². The van der Waals surface area contributed by atoms with Crippen molar-refractivity contribution in [3.63, 3.8) is 0 Å². The van der Waals surface area contributed by atoms with Gasteiger partial charge in [0.1, 0.15) is 0 Å². The number of aliphatic hydroxyl groups is 1. The van der Waals surface area contributed by atoms with Crippen LogP contribution in [0.5, 0.6) is 0 Å². The van der Waals surface area contributed by atoms with Crippen LogP contribution in [0.2, 0.25) is 0 Å². The van der Waals surface area contributed by atoms with Gasteiger partial charge in [0.2, 0.25) is 0 Å². The summed E-state index contributed by atoms with van der Waals surface area (Å²) in [4.78, 5) is 0. The maximum atomic E-state index is 8.68. The Morgan fingerprint density at radius 1 is 1.07 bits per heavy atom. The standard InChI is InChI=1S/C13H27NO/c1-2-3-4-5-6-7-8-9-10-11-13(14)12-15/h10-11,13,15H,2-9,12,14H2,1H3/b11-10+. The Bertz CT molecular complexity index is 145. The van der Waals surface area contributed by atoms with Crippen molar-refractivity contribution in [3.8, 4) is 0 Å². The molecule has 1 atom stereocenters. The molecular weight excluding hydrogens is 186 g/mol. The normalized spacial score (nSPS) is 13.5. The smallest absolute Gasteiger partial charge is 0.0618 e. The summed E-state index contributed by atoms with van der Waals surface area (Å²) in [5, 5.41) is 8.68. The minimum atomic E-state index is -0.172. The fourth-order valence-corrected chi connectivity index (χ4v) is 1.55. The van der Waals surface area contributed by atoms with Crippen molar-refractivity contribution >= 4 is 0 Å². The first-order valence-electron chi connectivity index (χ1n) is 6.34. The summed E-state index contributed by atoms with van der Waals surface area (Å²) in [5.41, 5.74) is 5.53. The number of hydrogen-bond acceptors (Lipinski definition) is 2. The van der Waals surface area contributed by atoms with E-state index in [1.54, 1.807) is 0 Å². The first-order chi connectivity index (χ1) is 7.31. The maximum Gasteiger partial charge on any atom is 0.0618 e. The summed E-state index contributed by atoms with van der Waals surface area (Å²) in [7, 11) is 0. The van der Waals surface area contributed by atoms with Crippen molar-refractivity contribution in [3.05, 3.63) is 12.2 Å². The highest BCUT2D eigenvalue weighted by Crippen LogP contribution is 2.08. The van der Waals surface area contributed by atoms with Gasteiger partial charge in [-0.2, -0.15) is 0 Å². The van der Waals surface area contributed by atoms with Crippen LogP contribution in [0, 0.1) is 0 Å². The Kier molecular flexibility index (Phi) is 11.5. The average molecular weight is 213 g/mol. The van der Waals surface area contributed by atoms with Gasteiger partial charge in [-0.3, -0.25) is 0 Å². The third kappa shape index (κ3) is 11.6. The zero-order valence-corrected chi connectivity index (χ0v) is 10.1. The summed E-state index contributed by atoms with van der Waals surface area (Å²) in [5.74, 6) is 0. The van der Waals surface area contributed by atoms with Crippen molar-refractivity contribution in [1.82, 2.24) is 0 Å². The molecule has 0 aliphatic heterocycles. The second kappa shape index (κ2) is 11.7. The fraction of sp³-hybridized carbons (Fsp3) is 0.846. The molecule has 2 heteroatoms. The van der Waals surface area contributed by atoms with E-state index in [4.69, 9.17) is 10.8 Å². The Morgan fingerprint density at radius 3 is 2.27 bits per heavy atom. The average Bonchev–Trinajstić information content (AvgIpc) is 2.26. The summed E-state index contributed by atoms with van der Waals surface area (Å²) < 4.78 is 0.